The van der Waals surface area contributed by atoms with Crippen molar-refractivity contribution in [3.63, 3.8) is 0 Å². The van der Waals surface area contributed by atoms with Gasteiger partial charge in [0.1, 0.15) is 12.1 Å². The lowest BCUT2D eigenvalue weighted by atomic mass is 10.2. The summed E-state index contributed by atoms with van der Waals surface area (Å²) in [5.41, 5.74) is 0.377. The molecule has 2 N–H and O–H groups in total. The Kier molecular flexibility index (Phi) is 7.40. The molecule has 0 aliphatic rings. The fourth-order valence-electron chi connectivity index (χ4n) is 2.21. The minimum atomic E-state index is -3.00. The van der Waals surface area contributed by atoms with Crippen molar-refractivity contribution in [2.45, 2.75) is 33.2 Å². The van der Waals surface area contributed by atoms with Crippen LogP contribution in [0.2, 0.25) is 10.0 Å². The van der Waals surface area contributed by atoms with Crippen molar-refractivity contribution in [3.05, 3.63) is 39.9 Å². The van der Waals surface area contributed by atoms with E-state index in [-0.39, 0.29) is 17.3 Å². The molecule has 0 spiro atoms. The van der Waals surface area contributed by atoms with Crippen molar-refractivity contribution < 1.29 is 13.5 Å². The Labute approximate surface area is 159 Å². The lowest BCUT2D eigenvalue weighted by Gasteiger charge is -2.16. The van der Waals surface area contributed by atoms with E-state index in [4.69, 9.17) is 23.2 Å². The molecule has 2 rings (SSSR count). The Balaban J connectivity index is 2.04. The van der Waals surface area contributed by atoms with Crippen LogP contribution in [-0.4, -0.2) is 34.4 Å². The third-order valence-corrected chi connectivity index (χ3v) is 3.91. The van der Waals surface area contributed by atoms with Gasteiger partial charge >= 0.3 is 6.61 Å². The second-order valence-electron chi connectivity index (χ2n) is 5.07. The number of rotatable bonds is 7. The summed E-state index contributed by atoms with van der Waals surface area (Å²) in [7, 11) is 1.58. The molecule has 0 atom stereocenters. The van der Waals surface area contributed by atoms with Gasteiger partial charge in [0.2, 0.25) is 0 Å². The van der Waals surface area contributed by atoms with Crippen LogP contribution in [0.1, 0.15) is 18.3 Å². The van der Waals surface area contributed by atoms with Crippen molar-refractivity contribution in [2.75, 3.05) is 7.05 Å². The minimum Gasteiger partial charge on any atom is -0.433 e. The topological polar surface area (TPSA) is 76.4 Å². The molecule has 142 valence electrons. The van der Waals surface area contributed by atoms with E-state index in [1.54, 1.807) is 13.4 Å². The Morgan fingerprint density at radius 3 is 2.69 bits per heavy atom. The molecule has 11 heteroatoms. The fourth-order valence-corrected chi connectivity index (χ4v) is 2.79. The number of ether oxygens (including phenoxy) is 1. The van der Waals surface area contributed by atoms with Crippen molar-refractivity contribution in [1.29, 1.82) is 0 Å². The van der Waals surface area contributed by atoms with Crippen LogP contribution < -0.4 is 15.4 Å². The van der Waals surface area contributed by atoms with Gasteiger partial charge in [0.15, 0.2) is 11.8 Å². The first kappa shape index (κ1) is 20.2. The molecule has 2 aromatic rings. The molecule has 7 nitrogen and oxygen atoms in total. The van der Waals surface area contributed by atoms with Crippen molar-refractivity contribution in [3.8, 4) is 5.75 Å². The number of nitrogens with zero attached hydrogens (tertiary/aromatic N) is 4. The van der Waals surface area contributed by atoms with Gasteiger partial charge in [-0.2, -0.15) is 8.78 Å². The summed E-state index contributed by atoms with van der Waals surface area (Å²) in [5.74, 6) is 1.05. The molecule has 1 aromatic carbocycles. The van der Waals surface area contributed by atoms with Crippen LogP contribution >= 0.6 is 23.2 Å². The normalized spacial score (nSPS) is 11.7. The zero-order valence-corrected chi connectivity index (χ0v) is 15.7. The quantitative estimate of drug-likeness (QED) is 0.545. The highest BCUT2D eigenvalue weighted by Gasteiger charge is 2.15. The summed E-state index contributed by atoms with van der Waals surface area (Å²) in [6.07, 6.45) is 1.63. The zero-order chi connectivity index (χ0) is 19.1. The maximum absolute atomic E-state index is 12.6. The number of halogens is 4. The highest BCUT2D eigenvalue weighted by atomic mass is 35.5. The Hall–Kier alpha value is -2.13. The van der Waals surface area contributed by atoms with E-state index in [0.29, 0.717) is 23.1 Å². The zero-order valence-electron chi connectivity index (χ0n) is 14.1. The smallest absolute Gasteiger partial charge is 0.387 e. The molecule has 0 saturated carbocycles. The molecule has 1 aromatic heterocycles. The monoisotopic (exact) mass is 406 g/mol. The van der Waals surface area contributed by atoms with Gasteiger partial charge in [0.05, 0.1) is 11.6 Å². The molecule has 0 aliphatic heterocycles. The van der Waals surface area contributed by atoms with Crippen LogP contribution in [0.15, 0.2) is 23.5 Å². The first-order chi connectivity index (χ1) is 12.4. The minimum absolute atomic E-state index is 0.00796. The summed E-state index contributed by atoms with van der Waals surface area (Å²) < 4.78 is 31.6. The number of benzene rings is 1. The molecule has 0 amide bonds. The van der Waals surface area contributed by atoms with Crippen LogP contribution in [0.5, 0.6) is 5.75 Å². The number of aromatic nitrogens is 3. The third-order valence-electron chi connectivity index (χ3n) is 3.41. The number of aliphatic imine (C=N–C) groups is 1. The molecule has 0 aliphatic carbocycles. The van der Waals surface area contributed by atoms with Crippen molar-refractivity contribution in [1.82, 2.24) is 25.4 Å². The van der Waals surface area contributed by atoms with E-state index < -0.39 is 6.61 Å². The van der Waals surface area contributed by atoms with Gasteiger partial charge in [0, 0.05) is 30.7 Å². The number of alkyl halides is 2. The predicted molar refractivity (Wildman–Crippen MR) is 95.8 cm³/mol. The first-order valence-corrected chi connectivity index (χ1v) is 8.44. The van der Waals surface area contributed by atoms with Crippen molar-refractivity contribution >= 4 is 29.2 Å². The average Bonchev–Trinajstić information content (AvgIpc) is 3.05. The number of nitrogens with one attached hydrogen (secondary N) is 2. The van der Waals surface area contributed by atoms with Gasteiger partial charge in [-0.15, -0.1) is 10.2 Å². The summed E-state index contributed by atoms with van der Waals surface area (Å²) >= 11 is 11.9. The van der Waals surface area contributed by atoms with Crippen molar-refractivity contribution in [2.24, 2.45) is 4.99 Å². The van der Waals surface area contributed by atoms with Gasteiger partial charge in [-0.1, -0.05) is 23.2 Å². The van der Waals surface area contributed by atoms with Gasteiger partial charge in [-0.05, 0) is 19.1 Å². The standard InChI is InChI=1S/C15H18Cl2F2N6O/c1-3-25-8-23-24-12(25)7-22-15(20-2)21-6-9-4-10(16)5-11(17)13(9)26-14(18)19/h4-5,8,14H,3,6-7H2,1-2H3,(H2,20,21,22). The molecule has 0 saturated heterocycles. The molecule has 26 heavy (non-hydrogen) atoms. The van der Waals surface area contributed by atoms with E-state index in [9.17, 15) is 8.78 Å². The first-order valence-electron chi connectivity index (χ1n) is 7.68. The predicted octanol–water partition coefficient (Wildman–Crippen LogP) is 3.07. The maximum Gasteiger partial charge on any atom is 0.387 e. The SMILES string of the molecule is CCn1cnnc1CNC(=NC)NCc1cc(Cl)cc(Cl)c1OC(F)F. The van der Waals surface area contributed by atoms with E-state index in [2.05, 4.69) is 30.6 Å². The average molecular weight is 407 g/mol. The summed E-state index contributed by atoms with van der Waals surface area (Å²) in [6.45, 7) is 0.246. The lowest BCUT2D eigenvalue weighted by molar-refractivity contribution is -0.0504. The number of hydrogen-bond acceptors (Lipinski definition) is 4. The molecule has 1 heterocycles. The molecule has 0 bridgehead atoms. The summed E-state index contributed by atoms with van der Waals surface area (Å²) in [5, 5.41) is 14.2. The molecule has 0 unspecified atom stereocenters. The Bertz CT molecular complexity index is 769. The van der Waals surface area contributed by atoms with E-state index in [1.807, 2.05) is 11.5 Å². The van der Waals surface area contributed by atoms with E-state index >= 15 is 0 Å². The van der Waals surface area contributed by atoms with Gasteiger partial charge in [-0.25, -0.2) is 0 Å². The van der Waals surface area contributed by atoms with Gasteiger partial charge < -0.3 is 19.9 Å². The third kappa shape index (κ3) is 5.43. The van der Waals surface area contributed by atoms with Crippen LogP contribution in [0.4, 0.5) is 8.78 Å². The molecule has 0 radical (unpaired) electrons. The number of hydrogen-bond donors (Lipinski definition) is 2. The van der Waals surface area contributed by atoms with E-state index in [1.165, 1.54) is 12.1 Å². The van der Waals surface area contributed by atoms with Crippen LogP contribution in [0.3, 0.4) is 0 Å². The highest BCUT2D eigenvalue weighted by molar-refractivity contribution is 6.35. The number of guanidine groups is 1. The second-order valence-corrected chi connectivity index (χ2v) is 5.91. The molecular weight excluding hydrogens is 389 g/mol. The fraction of sp³-hybridized carbons (Fsp3) is 0.400. The van der Waals surface area contributed by atoms with E-state index in [0.717, 1.165) is 12.4 Å². The molecule has 0 fully saturated rings. The van der Waals surface area contributed by atoms with Crippen LogP contribution in [0.25, 0.3) is 0 Å². The van der Waals surface area contributed by atoms with Crippen LogP contribution in [-0.2, 0) is 19.6 Å². The maximum atomic E-state index is 12.6. The highest BCUT2D eigenvalue weighted by Crippen LogP contribution is 2.33. The number of aryl methyl sites for hydroxylation is 1. The second kappa shape index (κ2) is 9.54. The molecular formula is C15H18Cl2F2N6O. The Morgan fingerprint density at radius 2 is 2.04 bits per heavy atom. The van der Waals surface area contributed by atoms with Gasteiger partial charge in [-0.3, -0.25) is 4.99 Å². The van der Waals surface area contributed by atoms with Crippen LogP contribution in [0, 0.1) is 0 Å². The summed E-state index contributed by atoms with van der Waals surface area (Å²) in [6, 6.07) is 2.84. The largest absolute Gasteiger partial charge is 0.433 e. The lowest BCUT2D eigenvalue weighted by Crippen LogP contribution is -2.37. The summed E-state index contributed by atoms with van der Waals surface area (Å²) in [4.78, 5) is 4.08. The Morgan fingerprint density at radius 1 is 1.31 bits per heavy atom. The van der Waals surface area contributed by atoms with Gasteiger partial charge in [0.25, 0.3) is 0 Å².